The Morgan fingerprint density at radius 3 is 2.08 bits per heavy atom. The van der Waals surface area contributed by atoms with E-state index in [2.05, 4.69) is 27.7 Å². The maximum Gasteiger partial charge on any atom is -0.00746 e. The van der Waals surface area contributed by atoms with Gasteiger partial charge >= 0.3 is 0 Å². The smallest absolute Gasteiger partial charge is 0.00746 e. The standard InChI is InChI=1S/C11H23N/c1-7(2)10-9(4)11(10)8(3)5-6-12/h7-11H,5-6,12H2,1-4H3/t8-,9-,10+,11-/m1/s1. The Labute approximate surface area is 76.7 Å². The third kappa shape index (κ3) is 1.82. The summed E-state index contributed by atoms with van der Waals surface area (Å²) in [5.74, 6) is 4.61. The van der Waals surface area contributed by atoms with E-state index >= 15 is 0 Å². The maximum atomic E-state index is 5.56. The van der Waals surface area contributed by atoms with Crippen LogP contribution >= 0.6 is 0 Å². The Bertz CT molecular complexity index is 142. The lowest BCUT2D eigenvalue weighted by Crippen LogP contribution is -2.09. The molecule has 0 aromatic carbocycles. The highest BCUT2D eigenvalue weighted by molar-refractivity contribution is 4.98. The molecule has 0 aliphatic heterocycles. The second kappa shape index (κ2) is 3.78. The van der Waals surface area contributed by atoms with Crippen LogP contribution in [0.4, 0.5) is 0 Å². The zero-order valence-corrected chi connectivity index (χ0v) is 8.88. The van der Waals surface area contributed by atoms with E-state index in [1.165, 1.54) is 6.42 Å². The van der Waals surface area contributed by atoms with E-state index in [1.54, 1.807) is 0 Å². The highest BCUT2D eigenvalue weighted by Gasteiger charge is 2.50. The molecule has 1 saturated carbocycles. The van der Waals surface area contributed by atoms with Crippen molar-refractivity contribution in [1.29, 1.82) is 0 Å². The molecule has 1 fully saturated rings. The molecule has 0 aromatic heterocycles. The quantitative estimate of drug-likeness (QED) is 0.687. The van der Waals surface area contributed by atoms with Gasteiger partial charge in [0.05, 0.1) is 0 Å². The van der Waals surface area contributed by atoms with Gasteiger partial charge in [-0.3, -0.25) is 0 Å². The molecule has 0 amide bonds. The van der Waals surface area contributed by atoms with E-state index in [0.29, 0.717) is 0 Å². The van der Waals surface area contributed by atoms with Gasteiger partial charge in [0.15, 0.2) is 0 Å². The van der Waals surface area contributed by atoms with Crippen molar-refractivity contribution in [3.8, 4) is 0 Å². The topological polar surface area (TPSA) is 26.0 Å². The molecule has 0 saturated heterocycles. The second-order valence-corrected chi connectivity index (χ2v) is 4.81. The molecular formula is C11H23N. The first-order valence-electron chi connectivity index (χ1n) is 5.29. The van der Waals surface area contributed by atoms with Crippen LogP contribution in [0.5, 0.6) is 0 Å². The molecule has 0 spiro atoms. The van der Waals surface area contributed by atoms with Gasteiger partial charge in [0.1, 0.15) is 0 Å². The molecule has 2 N–H and O–H groups in total. The zero-order chi connectivity index (χ0) is 9.30. The number of nitrogens with two attached hydrogens (primary N) is 1. The van der Waals surface area contributed by atoms with E-state index < -0.39 is 0 Å². The largest absolute Gasteiger partial charge is 0.330 e. The molecule has 0 aromatic rings. The SMILES string of the molecule is CC(C)[C@H]1[C@@H](C)[C@H]1[C@H](C)CCN. The lowest BCUT2D eigenvalue weighted by atomic mass is 9.97. The van der Waals surface area contributed by atoms with E-state index in [0.717, 1.165) is 36.1 Å². The summed E-state index contributed by atoms with van der Waals surface area (Å²) in [5, 5.41) is 0. The van der Waals surface area contributed by atoms with E-state index in [1.807, 2.05) is 0 Å². The summed E-state index contributed by atoms with van der Waals surface area (Å²) in [6.45, 7) is 10.3. The summed E-state index contributed by atoms with van der Waals surface area (Å²) in [6, 6.07) is 0. The van der Waals surface area contributed by atoms with Crippen molar-refractivity contribution in [3.63, 3.8) is 0 Å². The summed E-state index contributed by atoms with van der Waals surface area (Å²) in [6.07, 6.45) is 1.21. The molecule has 1 aliphatic carbocycles. The number of rotatable bonds is 4. The predicted molar refractivity (Wildman–Crippen MR) is 53.8 cm³/mol. The first-order valence-corrected chi connectivity index (χ1v) is 5.29. The molecule has 12 heavy (non-hydrogen) atoms. The third-order valence-corrected chi connectivity index (χ3v) is 3.57. The Kier molecular flexibility index (Phi) is 3.16. The summed E-state index contributed by atoms with van der Waals surface area (Å²) >= 11 is 0. The Morgan fingerprint density at radius 1 is 1.17 bits per heavy atom. The van der Waals surface area contributed by atoms with Crippen molar-refractivity contribution < 1.29 is 0 Å². The zero-order valence-electron chi connectivity index (χ0n) is 8.88. The molecule has 1 heteroatoms. The van der Waals surface area contributed by atoms with E-state index in [4.69, 9.17) is 5.73 Å². The molecule has 0 heterocycles. The van der Waals surface area contributed by atoms with Crippen LogP contribution in [0, 0.1) is 29.6 Å². The number of hydrogen-bond acceptors (Lipinski definition) is 1. The van der Waals surface area contributed by atoms with E-state index in [-0.39, 0.29) is 0 Å². The van der Waals surface area contributed by atoms with E-state index in [9.17, 15) is 0 Å². The fourth-order valence-corrected chi connectivity index (χ4v) is 2.93. The summed E-state index contributed by atoms with van der Waals surface area (Å²) in [5.41, 5.74) is 5.56. The van der Waals surface area contributed by atoms with Gasteiger partial charge in [-0.2, -0.15) is 0 Å². The monoisotopic (exact) mass is 169 g/mol. The van der Waals surface area contributed by atoms with Gasteiger partial charge in [-0.15, -0.1) is 0 Å². The maximum absolute atomic E-state index is 5.56. The summed E-state index contributed by atoms with van der Waals surface area (Å²) < 4.78 is 0. The van der Waals surface area contributed by atoms with Crippen LogP contribution in [0.3, 0.4) is 0 Å². The first kappa shape index (κ1) is 10.0. The minimum Gasteiger partial charge on any atom is -0.330 e. The lowest BCUT2D eigenvalue weighted by Gasteiger charge is -2.10. The normalized spacial score (nSPS) is 37.0. The van der Waals surface area contributed by atoms with Crippen LogP contribution in [0.1, 0.15) is 34.1 Å². The molecular weight excluding hydrogens is 146 g/mol. The average molecular weight is 169 g/mol. The molecule has 4 atom stereocenters. The van der Waals surface area contributed by atoms with Crippen molar-refractivity contribution in [2.45, 2.75) is 34.1 Å². The molecule has 72 valence electrons. The Balaban J connectivity index is 2.36. The van der Waals surface area contributed by atoms with Gasteiger partial charge < -0.3 is 5.73 Å². The van der Waals surface area contributed by atoms with Gasteiger partial charge in [0.25, 0.3) is 0 Å². The van der Waals surface area contributed by atoms with Crippen molar-refractivity contribution in [2.24, 2.45) is 35.3 Å². The number of hydrogen-bond donors (Lipinski definition) is 1. The van der Waals surface area contributed by atoms with Crippen LogP contribution in [-0.4, -0.2) is 6.54 Å². The van der Waals surface area contributed by atoms with Crippen LogP contribution in [0.2, 0.25) is 0 Å². The third-order valence-electron chi connectivity index (χ3n) is 3.57. The summed E-state index contributed by atoms with van der Waals surface area (Å²) in [4.78, 5) is 0. The Morgan fingerprint density at radius 2 is 1.75 bits per heavy atom. The van der Waals surface area contributed by atoms with Gasteiger partial charge in [0.2, 0.25) is 0 Å². The minimum atomic E-state index is 0.845. The highest BCUT2D eigenvalue weighted by Crippen LogP contribution is 2.55. The van der Waals surface area contributed by atoms with Crippen molar-refractivity contribution >= 4 is 0 Å². The molecule has 1 rings (SSSR count). The molecule has 1 nitrogen and oxygen atoms in total. The highest BCUT2D eigenvalue weighted by atomic mass is 14.6. The molecule has 1 aliphatic rings. The Hall–Kier alpha value is -0.0400. The summed E-state index contributed by atoms with van der Waals surface area (Å²) in [7, 11) is 0. The van der Waals surface area contributed by atoms with Crippen LogP contribution in [0.15, 0.2) is 0 Å². The fraction of sp³-hybridized carbons (Fsp3) is 1.00. The first-order chi connectivity index (χ1) is 5.59. The average Bonchev–Trinajstić information content (AvgIpc) is 2.62. The van der Waals surface area contributed by atoms with Crippen LogP contribution in [0.25, 0.3) is 0 Å². The molecule has 0 radical (unpaired) electrons. The molecule has 0 unspecified atom stereocenters. The van der Waals surface area contributed by atoms with Crippen LogP contribution in [-0.2, 0) is 0 Å². The van der Waals surface area contributed by atoms with Crippen molar-refractivity contribution in [2.75, 3.05) is 6.54 Å². The van der Waals surface area contributed by atoms with Gasteiger partial charge in [-0.25, -0.2) is 0 Å². The predicted octanol–water partition coefficient (Wildman–Crippen LogP) is 2.51. The van der Waals surface area contributed by atoms with Crippen molar-refractivity contribution in [1.82, 2.24) is 0 Å². The van der Waals surface area contributed by atoms with Crippen LogP contribution < -0.4 is 5.73 Å². The van der Waals surface area contributed by atoms with Gasteiger partial charge in [-0.1, -0.05) is 27.7 Å². The van der Waals surface area contributed by atoms with Crippen molar-refractivity contribution in [3.05, 3.63) is 0 Å². The minimum absolute atomic E-state index is 0.845. The lowest BCUT2D eigenvalue weighted by molar-refractivity contribution is 0.406. The molecule has 0 bridgehead atoms. The van der Waals surface area contributed by atoms with Gasteiger partial charge in [-0.05, 0) is 42.6 Å². The fourth-order valence-electron chi connectivity index (χ4n) is 2.93. The van der Waals surface area contributed by atoms with Gasteiger partial charge in [0, 0.05) is 0 Å². The second-order valence-electron chi connectivity index (χ2n) is 4.81.